The van der Waals surface area contributed by atoms with Crippen molar-refractivity contribution in [1.82, 2.24) is 9.97 Å². The van der Waals surface area contributed by atoms with Crippen molar-refractivity contribution in [2.45, 2.75) is 26.7 Å². The molecule has 2 nitrogen and oxygen atoms in total. The number of thiophene rings is 1. The Morgan fingerprint density at radius 1 is 1.31 bits per heavy atom. The van der Waals surface area contributed by atoms with Gasteiger partial charge in [0.1, 0.15) is 6.33 Å². The number of hydrogen-bond donors (Lipinski definition) is 0. The number of aryl methyl sites for hydroxylation is 1. The van der Waals surface area contributed by atoms with Crippen LogP contribution in [0.15, 0.2) is 12.4 Å². The Morgan fingerprint density at radius 2 is 2.08 bits per heavy atom. The zero-order valence-corrected chi connectivity index (χ0v) is 8.85. The summed E-state index contributed by atoms with van der Waals surface area (Å²) in [5.41, 5.74) is 2.25. The molecule has 2 aromatic rings. The summed E-state index contributed by atoms with van der Waals surface area (Å²) in [5, 5.41) is 0. The van der Waals surface area contributed by atoms with Crippen LogP contribution in [0.4, 0.5) is 0 Å². The Morgan fingerprint density at radius 3 is 2.77 bits per heavy atom. The van der Waals surface area contributed by atoms with E-state index in [1.165, 1.54) is 15.3 Å². The third-order valence-corrected chi connectivity index (χ3v) is 3.07. The predicted molar refractivity (Wildman–Crippen MR) is 56.2 cm³/mol. The van der Waals surface area contributed by atoms with Gasteiger partial charge in [-0.25, -0.2) is 9.97 Å². The Balaban J connectivity index is 2.75. The first-order valence-corrected chi connectivity index (χ1v) is 5.21. The zero-order chi connectivity index (χ0) is 9.42. The molecular weight excluding hydrogens is 180 g/mol. The second-order valence-electron chi connectivity index (χ2n) is 3.49. The van der Waals surface area contributed by atoms with Crippen molar-refractivity contribution in [2.24, 2.45) is 0 Å². The van der Waals surface area contributed by atoms with Gasteiger partial charge in [0.2, 0.25) is 0 Å². The van der Waals surface area contributed by atoms with Crippen LogP contribution >= 0.6 is 11.3 Å². The number of hydrogen-bond acceptors (Lipinski definition) is 3. The van der Waals surface area contributed by atoms with Crippen LogP contribution in [-0.4, -0.2) is 9.97 Å². The second-order valence-corrected chi connectivity index (χ2v) is 4.74. The lowest BCUT2D eigenvalue weighted by atomic mass is 10.1. The maximum absolute atomic E-state index is 4.32. The third-order valence-electron chi connectivity index (χ3n) is 2.01. The maximum Gasteiger partial charge on any atom is 0.116 e. The molecule has 0 amide bonds. The molecule has 0 aliphatic carbocycles. The van der Waals surface area contributed by atoms with Crippen LogP contribution in [0.2, 0.25) is 0 Å². The molecule has 2 rings (SSSR count). The van der Waals surface area contributed by atoms with Crippen molar-refractivity contribution in [3.63, 3.8) is 0 Å². The van der Waals surface area contributed by atoms with Crippen molar-refractivity contribution in [1.29, 1.82) is 0 Å². The topological polar surface area (TPSA) is 25.8 Å². The molecule has 0 fully saturated rings. The molecule has 0 aliphatic rings. The monoisotopic (exact) mass is 192 g/mol. The van der Waals surface area contributed by atoms with Crippen molar-refractivity contribution < 1.29 is 0 Å². The van der Waals surface area contributed by atoms with Crippen LogP contribution in [-0.2, 0) is 0 Å². The normalized spacial score (nSPS) is 11.4. The van der Waals surface area contributed by atoms with Crippen molar-refractivity contribution in [3.05, 3.63) is 23.0 Å². The summed E-state index contributed by atoms with van der Waals surface area (Å²) < 4.78 is 1.25. The lowest BCUT2D eigenvalue weighted by Crippen LogP contribution is -1.92. The van der Waals surface area contributed by atoms with E-state index in [0.717, 1.165) is 5.52 Å². The SMILES string of the molecule is Cc1cc2ncnc(C(C)C)c2s1. The Labute approximate surface area is 81.7 Å². The molecule has 13 heavy (non-hydrogen) atoms. The molecule has 0 saturated carbocycles. The molecule has 0 atom stereocenters. The fourth-order valence-electron chi connectivity index (χ4n) is 1.40. The van der Waals surface area contributed by atoms with E-state index in [0.29, 0.717) is 5.92 Å². The smallest absolute Gasteiger partial charge is 0.116 e. The molecular formula is C10H12N2S. The van der Waals surface area contributed by atoms with Gasteiger partial charge in [-0.15, -0.1) is 11.3 Å². The van der Waals surface area contributed by atoms with Crippen LogP contribution in [0.1, 0.15) is 30.3 Å². The molecule has 2 heterocycles. The summed E-state index contributed by atoms with van der Waals surface area (Å²) in [6, 6.07) is 2.12. The standard InChI is InChI=1S/C10H12N2S/c1-6(2)9-10-8(11-5-12-9)4-7(3)13-10/h4-6H,1-3H3. The van der Waals surface area contributed by atoms with Crippen molar-refractivity contribution in [3.8, 4) is 0 Å². The van der Waals surface area contributed by atoms with Gasteiger partial charge in [-0.3, -0.25) is 0 Å². The average Bonchev–Trinajstić information content (AvgIpc) is 2.43. The lowest BCUT2D eigenvalue weighted by Gasteiger charge is -2.03. The van der Waals surface area contributed by atoms with Gasteiger partial charge < -0.3 is 0 Å². The molecule has 0 aliphatic heterocycles. The van der Waals surface area contributed by atoms with E-state index in [4.69, 9.17) is 0 Å². The van der Waals surface area contributed by atoms with Crippen molar-refractivity contribution >= 4 is 21.6 Å². The summed E-state index contributed by atoms with van der Waals surface area (Å²) in [6.07, 6.45) is 1.66. The lowest BCUT2D eigenvalue weighted by molar-refractivity contribution is 0.831. The molecule has 68 valence electrons. The molecule has 0 radical (unpaired) electrons. The molecule has 0 spiro atoms. The summed E-state index contributed by atoms with van der Waals surface area (Å²) in [5.74, 6) is 0.476. The van der Waals surface area contributed by atoms with Gasteiger partial charge in [0, 0.05) is 4.88 Å². The first-order valence-electron chi connectivity index (χ1n) is 4.39. The zero-order valence-electron chi connectivity index (χ0n) is 8.03. The van der Waals surface area contributed by atoms with Crippen LogP contribution < -0.4 is 0 Å². The molecule has 0 aromatic carbocycles. The minimum atomic E-state index is 0.476. The molecule has 0 unspecified atom stereocenters. The Hall–Kier alpha value is -0.960. The van der Waals surface area contributed by atoms with E-state index in [9.17, 15) is 0 Å². The second kappa shape index (κ2) is 3.07. The molecule has 2 aromatic heterocycles. The highest BCUT2D eigenvalue weighted by atomic mass is 32.1. The summed E-state index contributed by atoms with van der Waals surface area (Å²) in [6.45, 7) is 6.43. The Bertz CT molecular complexity index is 431. The average molecular weight is 192 g/mol. The van der Waals surface area contributed by atoms with E-state index in [1.54, 1.807) is 17.7 Å². The van der Waals surface area contributed by atoms with Gasteiger partial charge in [-0.1, -0.05) is 13.8 Å². The van der Waals surface area contributed by atoms with Gasteiger partial charge in [0.15, 0.2) is 0 Å². The van der Waals surface area contributed by atoms with Gasteiger partial charge in [0.05, 0.1) is 15.9 Å². The quantitative estimate of drug-likeness (QED) is 0.693. The molecule has 0 bridgehead atoms. The summed E-state index contributed by atoms with van der Waals surface area (Å²) in [7, 11) is 0. The number of aromatic nitrogens is 2. The van der Waals surface area contributed by atoms with Crippen molar-refractivity contribution in [2.75, 3.05) is 0 Å². The fourth-order valence-corrected chi connectivity index (χ4v) is 2.51. The summed E-state index contributed by atoms with van der Waals surface area (Å²) in [4.78, 5) is 9.87. The maximum atomic E-state index is 4.32. The predicted octanol–water partition coefficient (Wildman–Crippen LogP) is 3.12. The van der Waals surface area contributed by atoms with E-state index < -0.39 is 0 Å². The highest BCUT2D eigenvalue weighted by Gasteiger charge is 2.09. The number of nitrogens with zero attached hydrogens (tertiary/aromatic N) is 2. The minimum Gasteiger partial charge on any atom is -0.240 e. The van der Waals surface area contributed by atoms with Gasteiger partial charge in [-0.05, 0) is 18.9 Å². The third kappa shape index (κ3) is 1.44. The highest BCUT2D eigenvalue weighted by molar-refractivity contribution is 7.19. The van der Waals surface area contributed by atoms with E-state index in [-0.39, 0.29) is 0 Å². The largest absolute Gasteiger partial charge is 0.240 e. The number of rotatable bonds is 1. The molecule has 0 N–H and O–H groups in total. The summed E-state index contributed by atoms with van der Waals surface area (Å²) >= 11 is 1.78. The fraction of sp³-hybridized carbons (Fsp3) is 0.400. The first kappa shape index (κ1) is 8.63. The van der Waals surface area contributed by atoms with Crippen LogP contribution in [0.3, 0.4) is 0 Å². The van der Waals surface area contributed by atoms with E-state index in [1.807, 2.05) is 0 Å². The first-order chi connectivity index (χ1) is 6.18. The van der Waals surface area contributed by atoms with E-state index in [2.05, 4.69) is 36.8 Å². The molecule has 3 heteroatoms. The van der Waals surface area contributed by atoms with Gasteiger partial charge >= 0.3 is 0 Å². The van der Waals surface area contributed by atoms with Gasteiger partial charge in [0.25, 0.3) is 0 Å². The van der Waals surface area contributed by atoms with Crippen LogP contribution in [0, 0.1) is 6.92 Å². The molecule has 0 saturated heterocycles. The van der Waals surface area contributed by atoms with Crippen LogP contribution in [0.5, 0.6) is 0 Å². The minimum absolute atomic E-state index is 0.476. The Kier molecular flexibility index (Phi) is 2.04. The van der Waals surface area contributed by atoms with E-state index >= 15 is 0 Å². The van der Waals surface area contributed by atoms with Gasteiger partial charge in [-0.2, -0.15) is 0 Å². The number of fused-ring (bicyclic) bond motifs is 1. The highest BCUT2D eigenvalue weighted by Crippen LogP contribution is 2.28. The van der Waals surface area contributed by atoms with Crippen LogP contribution in [0.25, 0.3) is 10.2 Å².